The summed E-state index contributed by atoms with van der Waals surface area (Å²) in [5.41, 5.74) is 0.195. The monoisotopic (exact) mass is 268 g/mol. The van der Waals surface area contributed by atoms with Crippen LogP contribution in [-0.4, -0.2) is 37.6 Å². The van der Waals surface area contributed by atoms with Crippen molar-refractivity contribution in [3.8, 4) is 0 Å². The van der Waals surface area contributed by atoms with E-state index < -0.39 is 0 Å². The van der Waals surface area contributed by atoms with Crippen LogP contribution in [0, 0.1) is 23.2 Å². The maximum Gasteiger partial charge on any atom is 0.0830 e. The van der Waals surface area contributed by atoms with Gasteiger partial charge in [-0.2, -0.15) is 0 Å². The minimum absolute atomic E-state index is 0.195. The second-order valence-corrected chi connectivity index (χ2v) is 7.07. The summed E-state index contributed by atoms with van der Waals surface area (Å²) in [5, 5.41) is 10.6. The average molecular weight is 268 g/mol. The highest BCUT2D eigenvalue weighted by Gasteiger charge is 2.53. The molecule has 0 heterocycles. The topological polar surface area (TPSA) is 38.7 Å². The van der Waals surface area contributed by atoms with E-state index in [1.165, 1.54) is 38.5 Å². The summed E-state index contributed by atoms with van der Waals surface area (Å²) in [6.07, 6.45) is 7.76. The Labute approximate surface area is 116 Å². The molecule has 0 aromatic rings. The second-order valence-electron chi connectivity index (χ2n) is 7.07. The normalized spacial score (nSPS) is 41.7. The molecule has 3 nitrogen and oxygen atoms in total. The lowest BCUT2D eigenvalue weighted by Crippen LogP contribution is -2.52. The number of hydrogen-bond acceptors (Lipinski definition) is 3. The highest BCUT2D eigenvalue weighted by atomic mass is 16.5. The smallest absolute Gasteiger partial charge is 0.0830 e. The van der Waals surface area contributed by atoms with Crippen LogP contribution >= 0.6 is 0 Å². The first-order valence-electron chi connectivity index (χ1n) is 8.05. The fourth-order valence-corrected chi connectivity index (χ4v) is 5.22. The Kier molecular flexibility index (Phi) is 4.16. The Morgan fingerprint density at radius 3 is 2.05 bits per heavy atom. The van der Waals surface area contributed by atoms with Crippen LogP contribution in [0.25, 0.3) is 0 Å². The van der Waals surface area contributed by atoms with Crippen LogP contribution in [0.15, 0.2) is 0 Å². The molecule has 4 bridgehead atoms. The summed E-state index contributed by atoms with van der Waals surface area (Å²) in [6, 6.07) is 0. The molecule has 0 aromatic heterocycles. The molecule has 4 aliphatic carbocycles. The molecule has 1 N–H and O–H groups in total. The minimum atomic E-state index is -0.262. The molecule has 0 aliphatic heterocycles. The van der Waals surface area contributed by atoms with Crippen molar-refractivity contribution in [1.82, 2.24) is 0 Å². The zero-order valence-electron chi connectivity index (χ0n) is 12.1. The van der Waals surface area contributed by atoms with Crippen LogP contribution in [0.5, 0.6) is 0 Å². The van der Waals surface area contributed by atoms with Gasteiger partial charge in [0.25, 0.3) is 0 Å². The standard InChI is InChI=1S/C16H28O3/c1-2-18-3-4-19-11-15(17)16-8-12-5-13(9-16)7-14(6-12)10-16/h12-15,17H,2-11H2,1H3. The van der Waals surface area contributed by atoms with Gasteiger partial charge in [-0.3, -0.25) is 0 Å². The van der Waals surface area contributed by atoms with Crippen molar-refractivity contribution < 1.29 is 14.6 Å². The average Bonchev–Trinajstić information content (AvgIpc) is 2.36. The van der Waals surface area contributed by atoms with Crippen molar-refractivity contribution in [3.05, 3.63) is 0 Å². The Morgan fingerprint density at radius 1 is 1.00 bits per heavy atom. The van der Waals surface area contributed by atoms with Gasteiger partial charge in [0.15, 0.2) is 0 Å². The van der Waals surface area contributed by atoms with E-state index in [1.54, 1.807) is 0 Å². The first-order valence-corrected chi connectivity index (χ1v) is 8.05. The van der Waals surface area contributed by atoms with E-state index in [0.29, 0.717) is 19.8 Å². The van der Waals surface area contributed by atoms with Gasteiger partial charge in [0.05, 0.1) is 25.9 Å². The Bertz CT molecular complexity index is 267. The van der Waals surface area contributed by atoms with Gasteiger partial charge in [-0.05, 0) is 68.6 Å². The van der Waals surface area contributed by atoms with E-state index in [-0.39, 0.29) is 11.5 Å². The minimum Gasteiger partial charge on any atom is -0.390 e. The maximum atomic E-state index is 10.6. The van der Waals surface area contributed by atoms with Gasteiger partial charge in [0.1, 0.15) is 0 Å². The van der Waals surface area contributed by atoms with Gasteiger partial charge >= 0.3 is 0 Å². The third kappa shape index (κ3) is 2.84. The predicted molar refractivity (Wildman–Crippen MR) is 73.9 cm³/mol. The van der Waals surface area contributed by atoms with Crippen LogP contribution in [0.1, 0.15) is 45.4 Å². The summed E-state index contributed by atoms with van der Waals surface area (Å²) in [7, 11) is 0. The maximum absolute atomic E-state index is 10.6. The van der Waals surface area contributed by atoms with Crippen LogP contribution in [-0.2, 0) is 9.47 Å². The number of aliphatic hydroxyl groups is 1. The van der Waals surface area contributed by atoms with Crippen molar-refractivity contribution in [1.29, 1.82) is 0 Å². The molecule has 0 spiro atoms. The largest absolute Gasteiger partial charge is 0.390 e. The van der Waals surface area contributed by atoms with E-state index in [4.69, 9.17) is 9.47 Å². The van der Waals surface area contributed by atoms with Crippen LogP contribution in [0.3, 0.4) is 0 Å². The van der Waals surface area contributed by atoms with Gasteiger partial charge in [-0.1, -0.05) is 0 Å². The molecule has 4 saturated carbocycles. The molecule has 1 atom stereocenters. The van der Waals surface area contributed by atoms with E-state index in [0.717, 1.165) is 24.4 Å². The van der Waals surface area contributed by atoms with E-state index in [2.05, 4.69) is 0 Å². The molecular weight excluding hydrogens is 240 g/mol. The van der Waals surface area contributed by atoms with Crippen molar-refractivity contribution in [2.75, 3.05) is 26.4 Å². The van der Waals surface area contributed by atoms with Crippen LogP contribution in [0.4, 0.5) is 0 Å². The highest BCUT2D eigenvalue weighted by molar-refractivity contribution is 5.04. The molecule has 4 aliphatic rings. The number of ether oxygens (including phenoxy) is 2. The Balaban J connectivity index is 1.50. The molecule has 19 heavy (non-hydrogen) atoms. The SMILES string of the molecule is CCOCCOCC(O)C12CC3CC(CC(C3)C1)C2. The van der Waals surface area contributed by atoms with E-state index >= 15 is 0 Å². The lowest BCUT2D eigenvalue weighted by Gasteiger charge is -2.58. The molecule has 4 rings (SSSR count). The molecule has 0 aromatic carbocycles. The first kappa shape index (κ1) is 13.8. The molecule has 4 fully saturated rings. The summed E-state index contributed by atoms with van der Waals surface area (Å²) < 4.78 is 10.9. The first-order chi connectivity index (χ1) is 9.22. The molecule has 1 unspecified atom stereocenters. The van der Waals surface area contributed by atoms with Gasteiger partial charge < -0.3 is 14.6 Å². The highest BCUT2D eigenvalue weighted by Crippen LogP contribution is 2.61. The zero-order valence-corrected chi connectivity index (χ0v) is 12.1. The van der Waals surface area contributed by atoms with E-state index in [9.17, 15) is 5.11 Å². The molecular formula is C16H28O3. The molecule has 0 radical (unpaired) electrons. The van der Waals surface area contributed by atoms with Crippen molar-refractivity contribution in [2.45, 2.75) is 51.6 Å². The van der Waals surface area contributed by atoms with Crippen LogP contribution in [0.2, 0.25) is 0 Å². The molecule has 110 valence electrons. The van der Waals surface area contributed by atoms with Gasteiger partial charge in [-0.25, -0.2) is 0 Å². The summed E-state index contributed by atoms with van der Waals surface area (Å²) in [4.78, 5) is 0. The lowest BCUT2D eigenvalue weighted by atomic mass is 9.48. The lowest BCUT2D eigenvalue weighted by molar-refractivity contribution is -0.141. The molecule has 0 amide bonds. The second kappa shape index (κ2) is 5.71. The quantitative estimate of drug-likeness (QED) is 0.721. The predicted octanol–water partition coefficient (Wildman–Crippen LogP) is 2.62. The van der Waals surface area contributed by atoms with Crippen molar-refractivity contribution in [3.63, 3.8) is 0 Å². The summed E-state index contributed by atoms with van der Waals surface area (Å²) in [6.45, 7) is 4.48. The zero-order chi connectivity index (χ0) is 13.3. The fourth-order valence-electron chi connectivity index (χ4n) is 5.22. The Morgan fingerprint density at radius 2 is 1.53 bits per heavy atom. The van der Waals surface area contributed by atoms with E-state index in [1.807, 2.05) is 6.92 Å². The molecule has 0 saturated heterocycles. The fraction of sp³-hybridized carbons (Fsp3) is 1.00. The van der Waals surface area contributed by atoms with Crippen molar-refractivity contribution >= 4 is 0 Å². The summed E-state index contributed by atoms with van der Waals surface area (Å²) in [5.74, 6) is 2.68. The summed E-state index contributed by atoms with van der Waals surface area (Å²) >= 11 is 0. The third-order valence-corrected chi connectivity index (χ3v) is 5.64. The third-order valence-electron chi connectivity index (χ3n) is 5.64. The molecule has 3 heteroatoms. The van der Waals surface area contributed by atoms with Crippen molar-refractivity contribution in [2.24, 2.45) is 23.2 Å². The number of hydrogen-bond donors (Lipinski definition) is 1. The number of rotatable bonds is 7. The number of aliphatic hydroxyl groups excluding tert-OH is 1. The van der Waals surface area contributed by atoms with Crippen LogP contribution < -0.4 is 0 Å². The van der Waals surface area contributed by atoms with Gasteiger partial charge in [0.2, 0.25) is 0 Å². The van der Waals surface area contributed by atoms with Gasteiger partial charge in [-0.15, -0.1) is 0 Å². The van der Waals surface area contributed by atoms with Gasteiger partial charge in [0, 0.05) is 6.61 Å². The Hall–Kier alpha value is -0.120.